The summed E-state index contributed by atoms with van der Waals surface area (Å²) in [6, 6.07) is 12.4. The lowest BCUT2D eigenvalue weighted by Crippen LogP contribution is -2.43. The van der Waals surface area contributed by atoms with E-state index >= 15 is 0 Å². The van der Waals surface area contributed by atoms with E-state index in [0.29, 0.717) is 24.2 Å². The average Bonchev–Trinajstić information content (AvgIpc) is 3.08. The fraction of sp³-hybridized carbons (Fsp3) is 0.167. The Morgan fingerprint density at radius 1 is 1.04 bits per heavy atom. The summed E-state index contributed by atoms with van der Waals surface area (Å²) < 4.78 is 12.9. The van der Waals surface area contributed by atoms with Crippen molar-refractivity contribution in [3.8, 4) is 0 Å². The van der Waals surface area contributed by atoms with E-state index < -0.39 is 0 Å². The maximum Gasteiger partial charge on any atom is 0.269 e. The molecule has 0 saturated carbocycles. The highest BCUT2D eigenvalue weighted by Gasteiger charge is 2.21. The van der Waals surface area contributed by atoms with Crippen LogP contribution >= 0.6 is 12.2 Å². The first-order chi connectivity index (χ1) is 12.5. The molecule has 0 bridgehead atoms. The molecule has 1 aliphatic rings. The number of hydrogen-bond donors (Lipinski definition) is 3. The van der Waals surface area contributed by atoms with E-state index in [-0.39, 0.29) is 22.7 Å². The number of nitrogens with zero attached hydrogens (tertiary/aromatic N) is 1. The van der Waals surface area contributed by atoms with Gasteiger partial charge in [-0.3, -0.25) is 20.4 Å². The van der Waals surface area contributed by atoms with Crippen molar-refractivity contribution < 1.29 is 14.0 Å². The van der Waals surface area contributed by atoms with Gasteiger partial charge in [0.25, 0.3) is 5.91 Å². The van der Waals surface area contributed by atoms with Crippen LogP contribution in [0.4, 0.5) is 15.8 Å². The van der Waals surface area contributed by atoms with E-state index in [2.05, 4.69) is 16.2 Å². The second kappa shape index (κ2) is 7.92. The predicted octanol–water partition coefficient (Wildman–Crippen LogP) is 2.58. The van der Waals surface area contributed by atoms with Crippen molar-refractivity contribution in [3.63, 3.8) is 0 Å². The molecule has 0 spiro atoms. The molecular formula is C18H17FN4O2S. The number of thiocarbonyl (C=S) groups is 1. The fourth-order valence-corrected chi connectivity index (χ4v) is 2.76. The van der Waals surface area contributed by atoms with Crippen LogP contribution in [0.15, 0.2) is 48.5 Å². The molecule has 1 aliphatic heterocycles. The minimum Gasteiger partial charge on any atom is -0.331 e. The number of carbonyl (C=O) groups excluding carboxylic acids is 2. The highest BCUT2D eigenvalue weighted by molar-refractivity contribution is 7.80. The first-order valence-corrected chi connectivity index (χ1v) is 8.47. The predicted molar refractivity (Wildman–Crippen MR) is 101 cm³/mol. The number of carbonyl (C=O) groups is 2. The van der Waals surface area contributed by atoms with Crippen molar-refractivity contribution in [2.24, 2.45) is 0 Å². The van der Waals surface area contributed by atoms with Crippen LogP contribution in [0.3, 0.4) is 0 Å². The van der Waals surface area contributed by atoms with Gasteiger partial charge in [0.2, 0.25) is 5.91 Å². The van der Waals surface area contributed by atoms with Crippen LogP contribution < -0.4 is 21.1 Å². The standard InChI is InChI=1S/C18H17FN4O2S/c19-13-5-7-14(8-6-13)20-18(26)22-21-17(25)12-3-9-15(10-4-12)23-11-1-2-16(23)24/h3-10H,1-2,11H2,(H,21,25)(H2,20,22,26). The number of hydrogen-bond acceptors (Lipinski definition) is 3. The van der Waals surface area contributed by atoms with Gasteiger partial charge in [0.05, 0.1) is 0 Å². The Morgan fingerprint density at radius 2 is 1.73 bits per heavy atom. The summed E-state index contributed by atoms with van der Waals surface area (Å²) in [6.07, 6.45) is 1.41. The molecule has 1 fully saturated rings. The molecule has 8 heteroatoms. The second-order valence-corrected chi connectivity index (χ2v) is 6.14. The molecule has 1 saturated heterocycles. The zero-order chi connectivity index (χ0) is 18.5. The molecule has 1 heterocycles. The molecule has 2 aromatic carbocycles. The lowest BCUT2D eigenvalue weighted by atomic mass is 10.2. The quantitative estimate of drug-likeness (QED) is 0.571. The SMILES string of the molecule is O=C(NNC(=S)Nc1ccc(F)cc1)c1ccc(N2CCCC2=O)cc1. The third-order valence-electron chi connectivity index (χ3n) is 3.91. The zero-order valence-electron chi connectivity index (χ0n) is 13.8. The Balaban J connectivity index is 1.52. The third kappa shape index (κ3) is 4.34. The Labute approximate surface area is 155 Å². The van der Waals surface area contributed by atoms with Gasteiger partial charge in [0.15, 0.2) is 5.11 Å². The summed E-state index contributed by atoms with van der Waals surface area (Å²) in [6.45, 7) is 0.704. The van der Waals surface area contributed by atoms with Crippen LogP contribution in [0.5, 0.6) is 0 Å². The number of hydrazine groups is 1. The monoisotopic (exact) mass is 372 g/mol. The highest BCUT2D eigenvalue weighted by Crippen LogP contribution is 2.21. The van der Waals surface area contributed by atoms with Crippen LogP contribution in [0, 0.1) is 5.82 Å². The molecule has 0 aromatic heterocycles. The summed E-state index contributed by atoms with van der Waals surface area (Å²) in [4.78, 5) is 25.6. The van der Waals surface area contributed by atoms with Gasteiger partial charge in [-0.1, -0.05) is 0 Å². The van der Waals surface area contributed by atoms with Gasteiger partial charge in [0, 0.05) is 29.9 Å². The molecule has 0 unspecified atom stereocenters. The van der Waals surface area contributed by atoms with Crippen molar-refractivity contribution in [1.29, 1.82) is 0 Å². The van der Waals surface area contributed by atoms with E-state index in [1.807, 2.05) is 0 Å². The van der Waals surface area contributed by atoms with Gasteiger partial charge in [-0.05, 0) is 67.2 Å². The van der Waals surface area contributed by atoms with Crippen LogP contribution in [0.2, 0.25) is 0 Å². The van der Waals surface area contributed by atoms with E-state index in [1.165, 1.54) is 24.3 Å². The number of anilines is 2. The molecule has 3 rings (SSSR count). The van der Waals surface area contributed by atoms with Crippen molar-refractivity contribution in [3.05, 3.63) is 59.9 Å². The topological polar surface area (TPSA) is 73.5 Å². The minimum atomic E-state index is -0.368. The number of benzene rings is 2. The molecule has 26 heavy (non-hydrogen) atoms. The lowest BCUT2D eigenvalue weighted by molar-refractivity contribution is -0.117. The lowest BCUT2D eigenvalue weighted by Gasteiger charge is -2.16. The Hall–Kier alpha value is -3.00. The summed E-state index contributed by atoms with van der Waals surface area (Å²) in [7, 11) is 0. The molecule has 3 N–H and O–H groups in total. The van der Waals surface area contributed by atoms with Gasteiger partial charge in [-0.15, -0.1) is 0 Å². The zero-order valence-corrected chi connectivity index (χ0v) is 14.6. The normalized spacial score (nSPS) is 13.4. The molecule has 134 valence electrons. The maximum atomic E-state index is 12.9. The Morgan fingerprint density at radius 3 is 2.35 bits per heavy atom. The van der Waals surface area contributed by atoms with Gasteiger partial charge in [-0.25, -0.2) is 4.39 Å². The van der Waals surface area contributed by atoms with Gasteiger partial charge < -0.3 is 10.2 Å². The molecule has 6 nitrogen and oxygen atoms in total. The first-order valence-electron chi connectivity index (χ1n) is 8.06. The molecule has 0 atom stereocenters. The van der Waals surface area contributed by atoms with Crippen molar-refractivity contribution >= 4 is 40.5 Å². The number of rotatable bonds is 3. The number of halogens is 1. The third-order valence-corrected chi connectivity index (χ3v) is 4.11. The van der Waals surface area contributed by atoms with Crippen molar-refractivity contribution in [2.75, 3.05) is 16.8 Å². The van der Waals surface area contributed by atoms with Crippen molar-refractivity contribution in [2.45, 2.75) is 12.8 Å². The summed E-state index contributed by atoms with van der Waals surface area (Å²) in [5.41, 5.74) is 6.87. The summed E-state index contributed by atoms with van der Waals surface area (Å²) >= 11 is 5.07. The first kappa shape index (κ1) is 17.8. The van der Waals surface area contributed by atoms with Gasteiger partial charge in [-0.2, -0.15) is 0 Å². The second-order valence-electron chi connectivity index (χ2n) is 5.74. The van der Waals surface area contributed by atoms with E-state index in [1.54, 1.807) is 29.2 Å². The Kier molecular flexibility index (Phi) is 5.43. The van der Waals surface area contributed by atoms with Crippen LogP contribution in [-0.4, -0.2) is 23.5 Å². The maximum absolute atomic E-state index is 12.9. The minimum absolute atomic E-state index is 0.0982. The summed E-state index contributed by atoms with van der Waals surface area (Å²) in [5.74, 6) is -0.615. The highest BCUT2D eigenvalue weighted by atomic mass is 32.1. The van der Waals surface area contributed by atoms with Gasteiger partial charge in [0.1, 0.15) is 5.82 Å². The van der Waals surface area contributed by atoms with E-state index in [4.69, 9.17) is 12.2 Å². The largest absolute Gasteiger partial charge is 0.331 e. The molecule has 2 aromatic rings. The smallest absolute Gasteiger partial charge is 0.269 e. The van der Waals surface area contributed by atoms with Crippen molar-refractivity contribution in [1.82, 2.24) is 10.9 Å². The summed E-state index contributed by atoms with van der Waals surface area (Å²) in [5, 5.41) is 2.99. The van der Waals surface area contributed by atoms with Crippen LogP contribution in [0.1, 0.15) is 23.2 Å². The number of amides is 2. The molecule has 0 aliphatic carbocycles. The molecule has 0 radical (unpaired) electrons. The average molecular weight is 372 g/mol. The molecule has 2 amide bonds. The fourth-order valence-electron chi connectivity index (χ4n) is 2.60. The van der Waals surface area contributed by atoms with E-state index in [0.717, 1.165) is 12.1 Å². The molecular weight excluding hydrogens is 355 g/mol. The number of nitrogens with one attached hydrogen (secondary N) is 3. The Bertz CT molecular complexity index is 824. The van der Waals surface area contributed by atoms with Crippen LogP contribution in [-0.2, 0) is 4.79 Å². The van der Waals surface area contributed by atoms with Crippen LogP contribution in [0.25, 0.3) is 0 Å². The van der Waals surface area contributed by atoms with E-state index in [9.17, 15) is 14.0 Å². The van der Waals surface area contributed by atoms with Gasteiger partial charge >= 0.3 is 0 Å².